The van der Waals surface area contributed by atoms with Crippen LogP contribution in [0.25, 0.3) is 10.8 Å². The minimum absolute atomic E-state index is 0.0380. The molecule has 0 radical (unpaired) electrons. The second kappa shape index (κ2) is 12.6. The van der Waals surface area contributed by atoms with E-state index in [1.165, 1.54) is 43.5 Å². The van der Waals surface area contributed by atoms with Gasteiger partial charge in [0.1, 0.15) is 11.5 Å². The van der Waals surface area contributed by atoms with Crippen LogP contribution in [0.4, 0.5) is 13.2 Å². The first-order valence-corrected chi connectivity index (χ1v) is 13.5. The van der Waals surface area contributed by atoms with E-state index in [1.54, 1.807) is 60.7 Å². The monoisotopic (exact) mass is 599 g/mol. The predicted octanol–water partition coefficient (Wildman–Crippen LogP) is 5.22. The number of hydrogen-bond acceptors (Lipinski definition) is 10. The maximum atomic E-state index is 14.4. The molecule has 0 heterocycles. The van der Waals surface area contributed by atoms with Crippen molar-refractivity contribution in [2.75, 3.05) is 7.11 Å². The van der Waals surface area contributed by atoms with Gasteiger partial charge in [-0.2, -0.15) is 13.2 Å². The molecule has 0 spiro atoms. The van der Waals surface area contributed by atoms with Crippen molar-refractivity contribution in [3.63, 3.8) is 0 Å². The number of rotatable bonds is 8. The van der Waals surface area contributed by atoms with Crippen molar-refractivity contribution in [3.8, 4) is 5.75 Å². The largest absolute Gasteiger partial charge is 0.496 e. The molecule has 216 valence electrons. The fraction of sp³-hybridized carbons (Fsp3) is 0.0714. The molecule has 0 fully saturated rings. The Morgan fingerprint density at radius 1 is 0.786 bits per heavy atom. The fourth-order valence-electron chi connectivity index (χ4n) is 3.92. The van der Waals surface area contributed by atoms with Crippen LogP contribution in [0.5, 0.6) is 5.75 Å². The Hall–Kier alpha value is -5.16. The van der Waals surface area contributed by atoms with Crippen LogP contribution in [0, 0.1) is 0 Å². The third-order valence-corrected chi connectivity index (χ3v) is 8.10. The van der Waals surface area contributed by atoms with Crippen molar-refractivity contribution >= 4 is 52.0 Å². The topological polar surface area (TPSA) is 139 Å². The average Bonchev–Trinajstić information content (AvgIpc) is 3.02. The van der Waals surface area contributed by atoms with E-state index in [2.05, 4.69) is 20.2 Å². The van der Waals surface area contributed by atoms with Crippen LogP contribution in [-0.4, -0.2) is 47.0 Å². The molecule has 4 aromatic carbocycles. The summed E-state index contributed by atoms with van der Waals surface area (Å²) in [5.41, 5.74) is -1.60. The number of benzene rings is 4. The van der Waals surface area contributed by atoms with Gasteiger partial charge in [0.25, 0.3) is 5.90 Å². The molecule has 4 rings (SSSR count). The first kappa shape index (κ1) is 29.8. The van der Waals surface area contributed by atoms with Gasteiger partial charge in [0, 0.05) is 10.9 Å². The molecule has 14 heteroatoms. The van der Waals surface area contributed by atoms with Gasteiger partial charge in [0.2, 0.25) is 0 Å². The van der Waals surface area contributed by atoms with E-state index < -0.39 is 36.8 Å². The summed E-state index contributed by atoms with van der Waals surface area (Å²) < 4.78 is 68.7. The summed E-state index contributed by atoms with van der Waals surface area (Å²) in [7, 11) is -2.64. The molecule has 0 amide bonds. The van der Waals surface area contributed by atoms with Gasteiger partial charge in [-0.15, -0.1) is 0 Å². The molecule has 0 atom stereocenters. The molecule has 2 N–H and O–H groups in total. The van der Waals surface area contributed by atoms with Crippen LogP contribution in [0.1, 0.15) is 5.56 Å². The SMILES string of the molecule is COc1ccc(C(=NOP(=O)(c2ccccc2)c2ccccc2)C(=NO)C(=NO)OC(=O)C(F)(F)F)c2ccccc12. The van der Waals surface area contributed by atoms with Crippen molar-refractivity contribution in [3.05, 3.63) is 103 Å². The van der Waals surface area contributed by atoms with Crippen LogP contribution in [0.2, 0.25) is 0 Å². The molecule has 0 unspecified atom stereocenters. The minimum Gasteiger partial charge on any atom is -0.496 e. The van der Waals surface area contributed by atoms with E-state index in [0.29, 0.717) is 16.5 Å². The highest BCUT2D eigenvalue weighted by Gasteiger charge is 2.43. The molecule has 4 aromatic rings. The Labute approximate surface area is 236 Å². The molecule has 10 nitrogen and oxygen atoms in total. The second-order valence-electron chi connectivity index (χ2n) is 8.35. The number of carbonyl (C=O) groups excluding carboxylic acids is 1. The van der Waals surface area contributed by atoms with E-state index >= 15 is 0 Å². The first-order chi connectivity index (χ1) is 20.1. The number of esters is 1. The van der Waals surface area contributed by atoms with E-state index in [9.17, 15) is 32.9 Å². The molecular formula is C28H21F3N3O7P. The molecule has 0 aromatic heterocycles. The van der Waals surface area contributed by atoms with Crippen molar-refractivity contribution < 1.29 is 47.0 Å². The van der Waals surface area contributed by atoms with Crippen LogP contribution >= 0.6 is 7.37 Å². The lowest BCUT2D eigenvalue weighted by Gasteiger charge is -2.18. The number of methoxy groups -OCH3 is 1. The van der Waals surface area contributed by atoms with Gasteiger partial charge in [0.05, 0.1) is 17.7 Å². The van der Waals surface area contributed by atoms with Crippen LogP contribution in [0.15, 0.2) is 113 Å². The minimum atomic E-state index is -5.49. The Morgan fingerprint density at radius 3 is 1.83 bits per heavy atom. The quantitative estimate of drug-likeness (QED) is 0.0707. The molecule has 0 saturated heterocycles. The predicted molar refractivity (Wildman–Crippen MR) is 148 cm³/mol. The number of ether oxygens (including phenoxy) is 2. The number of nitrogens with zero attached hydrogens (tertiary/aromatic N) is 3. The number of fused-ring (bicyclic) bond motifs is 1. The molecule has 0 bridgehead atoms. The smallest absolute Gasteiger partial charge is 0.491 e. The Morgan fingerprint density at radius 2 is 1.33 bits per heavy atom. The lowest BCUT2D eigenvalue weighted by Crippen LogP contribution is -2.35. The molecule has 42 heavy (non-hydrogen) atoms. The maximum Gasteiger partial charge on any atom is 0.491 e. The van der Waals surface area contributed by atoms with Gasteiger partial charge in [-0.1, -0.05) is 71.0 Å². The van der Waals surface area contributed by atoms with Gasteiger partial charge >= 0.3 is 19.5 Å². The number of carbonyl (C=O) groups is 1. The van der Waals surface area contributed by atoms with Gasteiger partial charge in [-0.25, -0.2) is 4.79 Å². The lowest BCUT2D eigenvalue weighted by molar-refractivity contribution is -0.191. The standard InChI is InChI=1S/C28H21F3N3O7P/c1-39-23-17-16-22(20-14-8-9-15-21(20)23)24(25(32-36)26(33-37)40-27(35)28(29,30)31)34-41-42(38,18-10-4-2-5-11-18)19-12-6-3-7-13-19/h2-17,36-37H,1H3. The summed E-state index contributed by atoms with van der Waals surface area (Å²) in [4.78, 5) is 11.6. The summed E-state index contributed by atoms with van der Waals surface area (Å²) in [6.45, 7) is 0. The third-order valence-electron chi connectivity index (χ3n) is 5.84. The van der Waals surface area contributed by atoms with Gasteiger partial charge in [0.15, 0.2) is 5.71 Å². The molecule has 0 aliphatic heterocycles. The average molecular weight is 599 g/mol. The van der Waals surface area contributed by atoms with Crippen LogP contribution < -0.4 is 15.3 Å². The van der Waals surface area contributed by atoms with Crippen molar-refractivity contribution in [1.82, 2.24) is 0 Å². The Kier molecular flexibility index (Phi) is 8.92. The zero-order valence-corrected chi connectivity index (χ0v) is 22.5. The van der Waals surface area contributed by atoms with Crippen LogP contribution in [-0.2, 0) is 18.7 Å². The Balaban J connectivity index is 1.96. The van der Waals surface area contributed by atoms with Crippen molar-refractivity contribution in [2.24, 2.45) is 15.5 Å². The lowest BCUT2D eigenvalue weighted by atomic mass is 9.97. The van der Waals surface area contributed by atoms with Gasteiger partial charge < -0.3 is 24.5 Å². The summed E-state index contributed by atoms with van der Waals surface area (Å²) >= 11 is 0. The summed E-state index contributed by atoms with van der Waals surface area (Å²) in [6, 6.07) is 25.4. The first-order valence-electron chi connectivity index (χ1n) is 11.9. The number of hydrogen-bond donors (Lipinski definition) is 2. The highest BCUT2D eigenvalue weighted by Crippen LogP contribution is 2.45. The van der Waals surface area contributed by atoms with E-state index in [1.807, 2.05) is 0 Å². The highest BCUT2D eigenvalue weighted by atomic mass is 31.2. The summed E-state index contributed by atoms with van der Waals surface area (Å²) in [5, 5.41) is 30.2. The van der Waals surface area contributed by atoms with Gasteiger partial charge in [-0.3, -0.25) is 4.57 Å². The maximum absolute atomic E-state index is 14.4. The fourth-order valence-corrected chi connectivity index (χ4v) is 5.73. The normalized spacial score (nSPS) is 13.1. The van der Waals surface area contributed by atoms with E-state index in [-0.39, 0.29) is 16.2 Å². The van der Waals surface area contributed by atoms with E-state index in [4.69, 9.17) is 9.36 Å². The van der Waals surface area contributed by atoms with Crippen molar-refractivity contribution in [1.29, 1.82) is 0 Å². The second-order valence-corrected chi connectivity index (χ2v) is 10.6. The van der Waals surface area contributed by atoms with E-state index in [0.717, 1.165) is 0 Å². The third kappa shape index (κ3) is 6.11. The molecule has 0 aliphatic carbocycles. The Bertz CT molecular complexity index is 1680. The summed E-state index contributed by atoms with van der Waals surface area (Å²) in [5.74, 6) is -3.83. The summed E-state index contributed by atoms with van der Waals surface area (Å²) in [6.07, 6.45) is -5.49. The van der Waals surface area contributed by atoms with Gasteiger partial charge in [-0.05, 0) is 46.9 Å². The zero-order valence-electron chi connectivity index (χ0n) is 21.6. The van der Waals surface area contributed by atoms with Crippen LogP contribution in [0.3, 0.4) is 0 Å². The number of alkyl halides is 3. The number of oxime groups is 3. The molecular weight excluding hydrogens is 578 g/mol. The number of halogens is 3. The van der Waals surface area contributed by atoms with Crippen molar-refractivity contribution in [2.45, 2.75) is 6.18 Å². The molecule has 0 saturated carbocycles. The molecule has 0 aliphatic rings. The highest BCUT2D eigenvalue weighted by molar-refractivity contribution is 7.74. The zero-order chi connectivity index (χ0) is 30.3.